The molecule has 3 nitrogen and oxygen atoms in total. The van der Waals surface area contributed by atoms with Crippen LogP contribution in [-0.4, -0.2) is 22.3 Å². The fraction of sp³-hybridized carbons (Fsp3) is 0.412. The lowest BCUT2D eigenvalue weighted by molar-refractivity contribution is 0.0949. The molecule has 0 aliphatic rings. The van der Waals surface area contributed by atoms with Crippen LogP contribution in [0.3, 0.4) is 0 Å². The number of carbonyl (C=O) groups excluding carboxylic acids is 1. The van der Waals surface area contributed by atoms with E-state index >= 15 is 0 Å². The predicted octanol–water partition coefficient (Wildman–Crippen LogP) is 4.16. The number of alkyl halides is 1. The highest BCUT2D eigenvalue weighted by atomic mass is 79.9. The molecule has 0 bridgehead atoms. The van der Waals surface area contributed by atoms with E-state index in [1.54, 1.807) is 6.20 Å². The van der Waals surface area contributed by atoms with E-state index in [0.29, 0.717) is 23.0 Å². The SMILES string of the molecule is CCC(CC)C(Br)CNC(=O)c1nccc2ccccc12. The lowest BCUT2D eigenvalue weighted by Gasteiger charge is -2.19. The van der Waals surface area contributed by atoms with Crippen LogP contribution in [0.1, 0.15) is 37.2 Å². The molecule has 0 saturated carbocycles. The van der Waals surface area contributed by atoms with Crippen LogP contribution in [-0.2, 0) is 0 Å². The molecule has 1 amide bonds. The summed E-state index contributed by atoms with van der Waals surface area (Å²) in [6.45, 7) is 4.98. The van der Waals surface area contributed by atoms with Crippen LogP contribution in [0.25, 0.3) is 10.8 Å². The molecule has 1 atom stereocenters. The second kappa shape index (κ2) is 7.55. The summed E-state index contributed by atoms with van der Waals surface area (Å²) in [7, 11) is 0. The summed E-state index contributed by atoms with van der Waals surface area (Å²) in [6.07, 6.45) is 3.90. The number of benzene rings is 1. The summed E-state index contributed by atoms with van der Waals surface area (Å²) in [6, 6.07) is 9.74. The van der Waals surface area contributed by atoms with Crippen molar-refractivity contribution in [2.24, 2.45) is 5.92 Å². The smallest absolute Gasteiger partial charge is 0.270 e. The standard InChI is InChI=1S/C17H21BrN2O/c1-3-12(4-2)15(18)11-20-17(21)16-14-8-6-5-7-13(14)9-10-19-16/h5-10,12,15H,3-4,11H2,1-2H3,(H,20,21). The van der Waals surface area contributed by atoms with Gasteiger partial charge in [-0.05, 0) is 17.4 Å². The molecular formula is C17H21BrN2O. The Morgan fingerprint density at radius 2 is 1.95 bits per heavy atom. The van der Waals surface area contributed by atoms with Gasteiger partial charge in [0.15, 0.2) is 0 Å². The zero-order valence-electron chi connectivity index (χ0n) is 12.5. The predicted molar refractivity (Wildman–Crippen MR) is 90.9 cm³/mol. The minimum Gasteiger partial charge on any atom is -0.350 e. The number of hydrogen-bond donors (Lipinski definition) is 1. The summed E-state index contributed by atoms with van der Waals surface area (Å²) in [4.78, 5) is 16.9. The van der Waals surface area contributed by atoms with Crippen molar-refractivity contribution in [3.8, 4) is 0 Å². The van der Waals surface area contributed by atoms with Gasteiger partial charge in [-0.15, -0.1) is 0 Å². The van der Waals surface area contributed by atoms with Gasteiger partial charge in [-0.3, -0.25) is 9.78 Å². The maximum absolute atomic E-state index is 12.4. The van der Waals surface area contributed by atoms with Gasteiger partial charge in [0.25, 0.3) is 5.91 Å². The first kappa shape index (κ1) is 16.0. The molecule has 1 heterocycles. The average Bonchev–Trinajstić information content (AvgIpc) is 2.53. The Kier molecular flexibility index (Phi) is 5.74. The number of halogens is 1. The fourth-order valence-corrected chi connectivity index (χ4v) is 3.45. The third-order valence-corrected chi connectivity index (χ3v) is 4.98. The Bertz CT molecular complexity index is 605. The van der Waals surface area contributed by atoms with Gasteiger partial charge in [0.2, 0.25) is 0 Å². The normalized spacial score (nSPS) is 12.6. The average molecular weight is 349 g/mol. The lowest BCUT2D eigenvalue weighted by Crippen LogP contribution is -2.33. The molecule has 4 heteroatoms. The van der Waals surface area contributed by atoms with Crippen molar-refractivity contribution >= 4 is 32.6 Å². The molecule has 21 heavy (non-hydrogen) atoms. The van der Waals surface area contributed by atoms with Gasteiger partial charge >= 0.3 is 0 Å². The number of nitrogens with zero attached hydrogens (tertiary/aromatic N) is 1. The molecule has 0 radical (unpaired) electrons. The number of aromatic nitrogens is 1. The topological polar surface area (TPSA) is 42.0 Å². The first-order valence-electron chi connectivity index (χ1n) is 7.43. The van der Waals surface area contributed by atoms with Gasteiger partial charge in [0.1, 0.15) is 5.69 Å². The van der Waals surface area contributed by atoms with Crippen molar-refractivity contribution in [1.29, 1.82) is 0 Å². The molecule has 0 fully saturated rings. The molecule has 112 valence electrons. The highest BCUT2D eigenvalue weighted by Crippen LogP contribution is 2.20. The zero-order chi connectivity index (χ0) is 15.2. The largest absolute Gasteiger partial charge is 0.350 e. The molecule has 0 saturated heterocycles. The van der Waals surface area contributed by atoms with Crippen LogP contribution in [0.15, 0.2) is 36.5 Å². The zero-order valence-corrected chi connectivity index (χ0v) is 14.1. The molecule has 0 aliphatic heterocycles. The van der Waals surface area contributed by atoms with Crippen LogP contribution in [0, 0.1) is 5.92 Å². The Hall–Kier alpha value is -1.42. The van der Waals surface area contributed by atoms with E-state index in [1.165, 1.54) is 0 Å². The maximum Gasteiger partial charge on any atom is 0.270 e. The van der Waals surface area contributed by atoms with Gasteiger partial charge in [0.05, 0.1) is 0 Å². The molecule has 2 rings (SSSR count). The molecule has 0 aliphatic carbocycles. The molecule has 1 aromatic carbocycles. The monoisotopic (exact) mass is 348 g/mol. The summed E-state index contributed by atoms with van der Waals surface area (Å²) in [5.41, 5.74) is 0.498. The van der Waals surface area contributed by atoms with Crippen LogP contribution < -0.4 is 5.32 Å². The van der Waals surface area contributed by atoms with Crippen LogP contribution >= 0.6 is 15.9 Å². The summed E-state index contributed by atoms with van der Waals surface area (Å²) in [5.74, 6) is 0.466. The number of pyridine rings is 1. The highest BCUT2D eigenvalue weighted by molar-refractivity contribution is 9.09. The van der Waals surface area contributed by atoms with Crippen molar-refractivity contribution in [2.45, 2.75) is 31.5 Å². The summed E-state index contributed by atoms with van der Waals surface area (Å²) in [5, 5.41) is 4.92. The molecule has 0 spiro atoms. The molecule has 1 unspecified atom stereocenters. The number of hydrogen-bond acceptors (Lipinski definition) is 2. The van der Waals surface area contributed by atoms with Crippen molar-refractivity contribution in [1.82, 2.24) is 10.3 Å². The van der Waals surface area contributed by atoms with E-state index in [4.69, 9.17) is 0 Å². The number of amides is 1. The number of nitrogens with one attached hydrogen (secondary N) is 1. The van der Waals surface area contributed by atoms with Gasteiger partial charge in [-0.1, -0.05) is 66.9 Å². The highest BCUT2D eigenvalue weighted by Gasteiger charge is 2.17. The summed E-state index contributed by atoms with van der Waals surface area (Å²) >= 11 is 3.68. The van der Waals surface area contributed by atoms with E-state index in [0.717, 1.165) is 23.6 Å². The van der Waals surface area contributed by atoms with Crippen molar-refractivity contribution in [3.63, 3.8) is 0 Å². The first-order chi connectivity index (χ1) is 10.2. The third-order valence-electron chi connectivity index (χ3n) is 3.91. The first-order valence-corrected chi connectivity index (χ1v) is 8.35. The molecular weight excluding hydrogens is 328 g/mol. The Labute approximate surface area is 134 Å². The quantitative estimate of drug-likeness (QED) is 0.796. The van der Waals surface area contributed by atoms with E-state index in [1.807, 2.05) is 30.3 Å². The Morgan fingerprint density at radius 1 is 1.24 bits per heavy atom. The second-order valence-electron chi connectivity index (χ2n) is 5.18. The minimum absolute atomic E-state index is 0.109. The van der Waals surface area contributed by atoms with E-state index in [9.17, 15) is 4.79 Å². The number of fused-ring (bicyclic) bond motifs is 1. The van der Waals surface area contributed by atoms with Crippen LogP contribution in [0.2, 0.25) is 0 Å². The minimum atomic E-state index is -0.109. The van der Waals surface area contributed by atoms with Gasteiger partial charge in [-0.2, -0.15) is 0 Å². The van der Waals surface area contributed by atoms with Crippen molar-refractivity contribution in [3.05, 3.63) is 42.2 Å². The Morgan fingerprint density at radius 3 is 2.67 bits per heavy atom. The van der Waals surface area contributed by atoms with Gasteiger partial charge < -0.3 is 5.32 Å². The van der Waals surface area contributed by atoms with E-state index in [-0.39, 0.29) is 5.91 Å². The van der Waals surface area contributed by atoms with E-state index < -0.39 is 0 Å². The van der Waals surface area contributed by atoms with Crippen molar-refractivity contribution < 1.29 is 4.79 Å². The second-order valence-corrected chi connectivity index (χ2v) is 6.36. The number of rotatable bonds is 6. The number of carbonyl (C=O) groups is 1. The maximum atomic E-state index is 12.4. The lowest BCUT2D eigenvalue weighted by atomic mass is 9.99. The molecule has 1 aromatic heterocycles. The third kappa shape index (κ3) is 3.82. The van der Waals surface area contributed by atoms with E-state index in [2.05, 4.69) is 40.1 Å². The van der Waals surface area contributed by atoms with Crippen LogP contribution in [0.4, 0.5) is 0 Å². The van der Waals surface area contributed by atoms with Gasteiger partial charge in [-0.25, -0.2) is 0 Å². The fourth-order valence-electron chi connectivity index (χ4n) is 2.54. The van der Waals surface area contributed by atoms with Crippen molar-refractivity contribution in [2.75, 3.05) is 6.54 Å². The molecule has 2 aromatic rings. The van der Waals surface area contributed by atoms with Crippen LogP contribution in [0.5, 0.6) is 0 Å². The Balaban J connectivity index is 2.09. The molecule has 1 N–H and O–H groups in total. The van der Waals surface area contributed by atoms with Gasteiger partial charge in [0, 0.05) is 23.0 Å². The summed E-state index contributed by atoms with van der Waals surface area (Å²) < 4.78 is 0.